The molecule has 1 fully saturated rings. The van der Waals surface area contributed by atoms with Gasteiger partial charge < -0.3 is 36.1 Å². The molecule has 5 amide bonds. The summed E-state index contributed by atoms with van der Waals surface area (Å²) in [5.41, 5.74) is -1.10. The van der Waals surface area contributed by atoms with Gasteiger partial charge >= 0.3 is 0 Å². The molecule has 46 heavy (non-hydrogen) atoms. The summed E-state index contributed by atoms with van der Waals surface area (Å²) in [7, 11) is 0. The maximum absolute atomic E-state index is 13.8. The summed E-state index contributed by atoms with van der Waals surface area (Å²) in [6.07, 6.45) is 2.63. The van der Waals surface area contributed by atoms with Gasteiger partial charge in [0.05, 0.1) is 25.1 Å². The number of hydrogen-bond donors (Lipinski definition) is 5. The Morgan fingerprint density at radius 2 is 1.74 bits per heavy atom. The molecule has 1 saturated carbocycles. The largest absolute Gasteiger partial charge is 0.492 e. The predicted molar refractivity (Wildman–Crippen MR) is 172 cm³/mol. The van der Waals surface area contributed by atoms with Crippen molar-refractivity contribution in [2.45, 2.75) is 70.0 Å². The summed E-state index contributed by atoms with van der Waals surface area (Å²) in [5, 5.41) is 14.5. The number of carbonyl (C=O) groups excluding carboxylic acids is 5. The van der Waals surface area contributed by atoms with Gasteiger partial charge in [0, 0.05) is 5.02 Å². The molecule has 0 bridgehead atoms. The van der Waals surface area contributed by atoms with E-state index in [1.807, 2.05) is 13.8 Å². The SMILES string of the molecule is CC(C)[C@H]1NC(=O)C2(CCCCC2)NC(=O)C[C@@H](C(=O)NCCOc2ccc(Cl)cc2)NC(=O)c2ccccc2OCCNC1=O. The van der Waals surface area contributed by atoms with Crippen molar-refractivity contribution in [1.82, 2.24) is 26.6 Å². The molecule has 0 aromatic heterocycles. The predicted octanol–water partition coefficient (Wildman–Crippen LogP) is 2.49. The van der Waals surface area contributed by atoms with E-state index in [2.05, 4.69) is 26.6 Å². The van der Waals surface area contributed by atoms with Crippen molar-refractivity contribution in [1.29, 1.82) is 0 Å². The minimum absolute atomic E-state index is 0.0519. The molecule has 2 aromatic carbocycles. The highest BCUT2D eigenvalue weighted by Crippen LogP contribution is 2.29. The average molecular weight is 656 g/mol. The molecule has 0 saturated heterocycles. The molecule has 13 heteroatoms. The second-order valence-electron chi connectivity index (χ2n) is 11.8. The normalized spacial score (nSPS) is 21.0. The Hall–Kier alpha value is -4.32. The average Bonchev–Trinajstić information content (AvgIpc) is 3.04. The topological polar surface area (TPSA) is 164 Å². The highest BCUT2D eigenvalue weighted by Gasteiger charge is 2.43. The Kier molecular flexibility index (Phi) is 12.2. The fourth-order valence-electron chi connectivity index (χ4n) is 5.55. The Balaban J connectivity index is 1.57. The van der Waals surface area contributed by atoms with E-state index in [9.17, 15) is 24.0 Å². The lowest BCUT2D eigenvalue weighted by Gasteiger charge is -2.38. The number of rotatable bonds is 6. The summed E-state index contributed by atoms with van der Waals surface area (Å²) in [6, 6.07) is 11.1. The van der Waals surface area contributed by atoms with Gasteiger partial charge in [0.2, 0.25) is 23.6 Å². The van der Waals surface area contributed by atoms with E-state index in [0.29, 0.717) is 36.5 Å². The molecule has 248 valence electrons. The van der Waals surface area contributed by atoms with Crippen molar-refractivity contribution in [3.63, 3.8) is 0 Å². The van der Waals surface area contributed by atoms with E-state index < -0.39 is 47.7 Å². The van der Waals surface area contributed by atoms with E-state index in [1.54, 1.807) is 48.5 Å². The summed E-state index contributed by atoms with van der Waals surface area (Å²) >= 11 is 5.92. The fraction of sp³-hybridized carbons (Fsp3) is 0.485. The van der Waals surface area contributed by atoms with Gasteiger partial charge in [0.25, 0.3) is 5.91 Å². The zero-order valence-corrected chi connectivity index (χ0v) is 26.9. The number of amides is 5. The van der Waals surface area contributed by atoms with Gasteiger partial charge in [-0.15, -0.1) is 0 Å². The van der Waals surface area contributed by atoms with Crippen LogP contribution in [-0.2, 0) is 19.2 Å². The molecule has 0 radical (unpaired) electrons. The Morgan fingerprint density at radius 1 is 1.02 bits per heavy atom. The van der Waals surface area contributed by atoms with Crippen LogP contribution in [0.2, 0.25) is 5.02 Å². The molecule has 1 aliphatic heterocycles. The lowest BCUT2D eigenvalue weighted by molar-refractivity contribution is -0.138. The van der Waals surface area contributed by atoms with Gasteiger partial charge in [0.1, 0.15) is 42.3 Å². The van der Waals surface area contributed by atoms with Gasteiger partial charge in [-0.25, -0.2) is 0 Å². The number of ether oxygens (including phenoxy) is 2. The second-order valence-corrected chi connectivity index (χ2v) is 12.3. The molecule has 0 unspecified atom stereocenters. The smallest absolute Gasteiger partial charge is 0.255 e. The van der Waals surface area contributed by atoms with Crippen molar-refractivity contribution in [2.24, 2.45) is 5.92 Å². The van der Waals surface area contributed by atoms with Crippen LogP contribution < -0.4 is 36.1 Å². The van der Waals surface area contributed by atoms with Crippen molar-refractivity contribution in [2.75, 3.05) is 26.3 Å². The number of carbonyl (C=O) groups is 5. The molecular weight excluding hydrogens is 614 g/mol. The first-order valence-electron chi connectivity index (χ1n) is 15.7. The highest BCUT2D eigenvalue weighted by atomic mass is 35.5. The van der Waals surface area contributed by atoms with E-state index in [1.165, 1.54) is 0 Å². The Labute approximate surface area is 273 Å². The van der Waals surface area contributed by atoms with Gasteiger partial charge in [-0.1, -0.05) is 56.8 Å². The second kappa shape index (κ2) is 16.3. The third-order valence-corrected chi connectivity index (χ3v) is 8.29. The molecule has 2 aliphatic rings. The molecule has 1 aliphatic carbocycles. The number of benzene rings is 2. The molecule has 2 aromatic rings. The molecule has 4 rings (SSSR count). The fourth-order valence-corrected chi connectivity index (χ4v) is 5.68. The zero-order chi connectivity index (χ0) is 33.1. The number of hydrogen-bond acceptors (Lipinski definition) is 7. The summed E-state index contributed by atoms with van der Waals surface area (Å²) in [5.74, 6) is -2.07. The van der Waals surface area contributed by atoms with E-state index >= 15 is 0 Å². The van der Waals surface area contributed by atoms with Crippen LogP contribution in [0, 0.1) is 5.92 Å². The number of para-hydroxylation sites is 1. The number of fused-ring (bicyclic) bond motifs is 1. The highest BCUT2D eigenvalue weighted by molar-refractivity contribution is 6.30. The molecule has 2 atom stereocenters. The minimum atomic E-state index is -1.28. The van der Waals surface area contributed by atoms with Gasteiger partial charge in [-0.3, -0.25) is 24.0 Å². The standard InChI is InChI=1S/C33H42ClN5O7/c1-21(2)28-31(43)36-17-19-46-26-9-5-4-8-24(26)29(41)37-25(30(42)35-16-18-45-23-12-10-22(34)11-13-23)20-27(40)39-33(32(44)38-28)14-6-3-7-15-33/h4-5,8-13,21,25,28H,3,6-7,14-20H2,1-2H3,(H,35,42)(H,36,43)(H,37,41)(H,38,44)(H,39,40)/t25-,28+/m0/s1. The van der Waals surface area contributed by atoms with E-state index in [-0.39, 0.29) is 49.4 Å². The Morgan fingerprint density at radius 3 is 2.46 bits per heavy atom. The van der Waals surface area contributed by atoms with Crippen molar-refractivity contribution < 1.29 is 33.4 Å². The monoisotopic (exact) mass is 655 g/mol. The van der Waals surface area contributed by atoms with Crippen LogP contribution in [0.25, 0.3) is 0 Å². The third-order valence-electron chi connectivity index (χ3n) is 8.04. The molecular formula is C33H42ClN5O7. The van der Waals surface area contributed by atoms with E-state index in [0.717, 1.165) is 6.42 Å². The van der Waals surface area contributed by atoms with Crippen LogP contribution in [0.15, 0.2) is 48.5 Å². The van der Waals surface area contributed by atoms with Crippen molar-refractivity contribution in [3.05, 3.63) is 59.1 Å². The quantitative estimate of drug-likeness (QED) is 0.299. The maximum Gasteiger partial charge on any atom is 0.255 e. The molecule has 12 nitrogen and oxygen atoms in total. The Bertz CT molecular complexity index is 1400. The van der Waals surface area contributed by atoms with Crippen molar-refractivity contribution in [3.8, 4) is 11.5 Å². The third kappa shape index (κ3) is 9.35. The molecule has 5 N–H and O–H groups in total. The summed E-state index contributed by atoms with van der Waals surface area (Å²) in [4.78, 5) is 67.3. The van der Waals surface area contributed by atoms with E-state index in [4.69, 9.17) is 21.1 Å². The summed E-state index contributed by atoms with van der Waals surface area (Å²) in [6.45, 7) is 4.05. The zero-order valence-electron chi connectivity index (χ0n) is 26.2. The van der Waals surface area contributed by atoms with Gasteiger partial charge in [-0.2, -0.15) is 0 Å². The molecule has 1 spiro atoms. The lowest BCUT2D eigenvalue weighted by Crippen LogP contribution is -2.64. The van der Waals surface area contributed by atoms with Gasteiger partial charge in [-0.05, 0) is 55.2 Å². The first kappa shape index (κ1) is 34.6. The van der Waals surface area contributed by atoms with Crippen LogP contribution >= 0.6 is 11.6 Å². The van der Waals surface area contributed by atoms with Crippen LogP contribution in [0.4, 0.5) is 0 Å². The van der Waals surface area contributed by atoms with Crippen LogP contribution in [-0.4, -0.2) is 73.5 Å². The maximum atomic E-state index is 13.8. The lowest BCUT2D eigenvalue weighted by atomic mass is 9.80. The minimum Gasteiger partial charge on any atom is -0.492 e. The first-order valence-corrected chi connectivity index (χ1v) is 16.0. The van der Waals surface area contributed by atoms with Crippen molar-refractivity contribution >= 4 is 41.1 Å². The van der Waals surface area contributed by atoms with Crippen LogP contribution in [0.3, 0.4) is 0 Å². The number of halogens is 1. The number of nitrogens with one attached hydrogen (secondary N) is 5. The molecule has 1 heterocycles. The van der Waals surface area contributed by atoms with Gasteiger partial charge in [0.15, 0.2) is 0 Å². The first-order chi connectivity index (χ1) is 22.1. The van der Waals surface area contributed by atoms with Crippen LogP contribution in [0.1, 0.15) is 62.7 Å². The van der Waals surface area contributed by atoms with Crippen LogP contribution in [0.5, 0.6) is 11.5 Å². The summed E-state index contributed by atoms with van der Waals surface area (Å²) < 4.78 is 11.5.